The van der Waals surface area contributed by atoms with Gasteiger partial charge in [0.05, 0.1) is 0 Å². The molecule has 1 N–H and O–H groups in total. The van der Waals surface area contributed by atoms with E-state index in [9.17, 15) is 9.59 Å². The van der Waals surface area contributed by atoms with Crippen molar-refractivity contribution in [2.24, 2.45) is 5.92 Å². The van der Waals surface area contributed by atoms with Crippen molar-refractivity contribution in [1.29, 1.82) is 0 Å². The zero-order valence-electron chi connectivity index (χ0n) is 11.6. The molecule has 1 heterocycles. The van der Waals surface area contributed by atoms with Crippen molar-refractivity contribution in [1.82, 2.24) is 10.2 Å². The number of amides is 2. The molecule has 2 fully saturated rings. The van der Waals surface area contributed by atoms with Crippen LogP contribution in [0.1, 0.15) is 52.9 Å². The number of piperazine rings is 1. The number of rotatable bonds is 5. The molecule has 1 aliphatic carbocycles. The number of carbonyl (C=O) groups excluding carboxylic acids is 2. The van der Waals surface area contributed by atoms with E-state index in [1.807, 2.05) is 18.7 Å². The fraction of sp³-hybridized carbons (Fsp3) is 0.857. The van der Waals surface area contributed by atoms with Crippen LogP contribution in [0.4, 0.5) is 0 Å². The van der Waals surface area contributed by atoms with Crippen molar-refractivity contribution < 1.29 is 9.59 Å². The lowest BCUT2D eigenvalue weighted by molar-refractivity contribution is -0.150. The molecular weight excluding hydrogens is 228 g/mol. The lowest BCUT2D eigenvalue weighted by Gasteiger charge is -2.39. The summed E-state index contributed by atoms with van der Waals surface area (Å²) >= 11 is 0. The lowest BCUT2D eigenvalue weighted by Crippen LogP contribution is -2.63. The second kappa shape index (κ2) is 5.29. The van der Waals surface area contributed by atoms with E-state index in [-0.39, 0.29) is 23.9 Å². The molecule has 0 spiro atoms. The summed E-state index contributed by atoms with van der Waals surface area (Å²) in [5, 5.41) is 2.88. The minimum atomic E-state index is -0.289. The van der Waals surface area contributed by atoms with Crippen molar-refractivity contribution in [3.05, 3.63) is 0 Å². The van der Waals surface area contributed by atoms with Crippen molar-refractivity contribution in [2.75, 3.05) is 0 Å². The third-order valence-corrected chi connectivity index (χ3v) is 4.24. The molecule has 2 amide bonds. The third kappa shape index (κ3) is 2.25. The van der Waals surface area contributed by atoms with Crippen molar-refractivity contribution >= 4 is 11.8 Å². The summed E-state index contributed by atoms with van der Waals surface area (Å²) in [5.41, 5.74) is 0. The fourth-order valence-electron chi connectivity index (χ4n) is 3.06. The van der Waals surface area contributed by atoms with Crippen LogP contribution in [-0.4, -0.2) is 34.8 Å². The second-order valence-electron chi connectivity index (χ2n) is 5.49. The summed E-state index contributed by atoms with van der Waals surface area (Å²) in [7, 11) is 0. The van der Waals surface area contributed by atoms with Crippen LogP contribution in [0.25, 0.3) is 0 Å². The predicted molar refractivity (Wildman–Crippen MR) is 69.9 cm³/mol. The Balaban J connectivity index is 2.15. The first-order chi connectivity index (χ1) is 8.63. The van der Waals surface area contributed by atoms with Crippen molar-refractivity contribution in [3.8, 4) is 0 Å². The molecule has 102 valence electrons. The number of hydrogen-bond donors (Lipinski definition) is 1. The molecule has 1 saturated carbocycles. The lowest BCUT2D eigenvalue weighted by atomic mass is 10.0. The van der Waals surface area contributed by atoms with Crippen molar-refractivity contribution in [2.45, 2.75) is 71.0 Å². The van der Waals surface area contributed by atoms with E-state index < -0.39 is 0 Å². The largest absolute Gasteiger partial charge is 0.343 e. The summed E-state index contributed by atoms with van der Waals surface area (Å²) < 4.78 is 0. The molecule has 4 unspecified atom stereocenters. The summed E-state index contributed by atoms with van der Waals surface area (Å²) in [6.45, 7) is 6.18. The Labute approximate surface area is 109 Å². The van der Waals surface area contributed by atoms with Gasteiger partial charge in [-0.25, -0.2) is 0 Å². The molecule has 1 aliphatic heterocycles. The van der Waals surface area contributed by atoms with E-state index in [0.717, 1.165) is 25.7 Å². The van der Waals surface area contributed by atoms with Gasteiger partial charge in [-0.1, -0.05) is 33.6 Å². The molecule has 0 aromatic heterocycles. The van der Waals surface area contributed by atoms with Crippen LogP contribution in [0.15, 0.2) is 0 Å². The van der Waals surface area contributed by atoms with E-state index >= 15 is 0 Å². The van der Waals surface area contributed by atoms with Crippen LogP contribution in [-0.2, 0) is 9.59 Å². The van der Waals surface area contributed by atoms with Gasteiger partial charge in [0.25, 0.3) is 0 Å². The molecular formula is C14H24N2O2. The van der Waals surface area contributed by atoms with E-state index in [0.29, 0.717) is 18.4 Å². The van der Waals surface area contributed by atoms with Gasteiger partial charge < -0.3 is 10.2 Å². The highest BCUT2D eigenvalue weighted by molar-refractivity contribution is 5.97. The maximum Gasteiger partial charge on any atom is 0.246 e. The van der Waals surface area contributed by atoms with E-state index in [1.165, 1.54) is 0 Å². The van der Waals surface area contributed by atoms with Crippen molar-refractivity contribution in [3.63, 3.8) is 0 Å². The number of hydrogen-bond acceptors (Lipinski definition) is 2. The van der Waals surface area contributed by atoms with E-state index in [4.69, 9.17) is 0 Å². The first kappa shape index (κ1) is 13.4. The highest BCUT2D eigenvalue weighted by Crippen LogP contribution is 2.41. The first-order valence-electron chi connectivity index (χ1n) is 7.26. The maximum atomic E-state index is 12.5. The van der Waals surface area contributed by atoms with Crippen LogP contribution in [0.3, 0.4) is 0 Å². The Hall–Kier alpha value is -1.06. The molecule has 0 radical (unpaired) electrons. The minimum Gasteiger partial charge on any atom is -0.343 e. The van der Waals surface area contributed by atoms with Gasteiger partial charge in [0.15, 0.2) is 0 Å². The average Bonchev–Trinajstić information content (AvgIpc) is 3.12. The van der Waals surface area contributed by atoms with Gasteiger partial charge in [-0.05, 0) is 25.2 Å². The highest BCUT2D eigenvalue weighted by Gasteiger charge is 2.50. The van der Waals surface area contributed by atoms with Crippen LogP contribution < -0.4 is 5.32 Å². The summed E-state index contributed by atoms with van der Waals surface area (Å²) in [6, 6.07) is -0.214. The van der Waals surface area contributed by atoms with Gasteiger partial charge in [0, 0.05) is 6.04 Å². The molecule has 4 nitrogen and oxygen atoms in total. The van der Waals surface area contributed by atoms with Gasteiger partial charge in [-0.2, -0.15) is 0 Å². The van der Waals surface area contributed by atoms with Crippen LogP contribution in [0.2, 0.25) is 0 Å². The average molecular weight is 252 g/mol. The van der Waals surface area contributed by atoms with Gasteiger partial charge in [-0.3, -0.25) is 9.59 Å². The molecule has 1 saturated heterocycles. The standard InChI is InChI=1S/C14H24N2O2/c1-4-7-10-14(18)16(12-8-9(12)5-2)11(6-3)13(17)15-10/h9-12H,4-8H2,1-3H3,(H,15,17). The van der Waals surface area contributed by atoms with Crippen LogP contribution >= 0.6 is 0 Å². The summed E-state index contributed by atoms with van der Waals surface area (Å²) in [5.74, 6) is 0.790. The smallest absolute Gasteiger partial charge is 0.246 e. The second-order valence-corrected chi connectivity index (χ2v) is 5.49. The number of nitrogens with one attached hydrogen (secondary N) is 1. The fourth-order valence-corrected chi connectivity index (χ4v) is 3.06. The molecule has 2 aliphatic rings. The zero-order chi connectivity index (χ0) is 13.3. The third-order valence-electron chi connectivity index (χ3n) is 4.24. The van der Waals surface area contributed by atoms with Crippen LogP contribution in [0.5, 0.6) is 0 Å². The Morgan fingerprint density at radius 2 is 1.94 bits per heavy atom. The Morgan fingerprint density at radius 1 is 1.22 bits per heavy atom. The molecule has 0 aromatic carbocycles. The van der Waals surface area contributed by atoms with Gasteiger partial charge in [0.2, 0.25) is 11.8 Å². The molecule has 2 rings (SSSR count). The highest BCUT2D eigenvalue weighted by atomic mass is 16.2. The van der Waals surface area contributed by atoms with Gasteiger partial charge >= 0.3 is 0 Å². The quantitative estimate of drug-likeness (QED) is 0.809. The monoisotopic (exact) mass is 252 g/mol. The Bertz CT molecular complexity index is 343. The van der Waals surface area contributed by atoms with Gasteiger partial charge in [0.1, 0.15) is 12.1 Å². The van der Waals surface area contributed by atoms with E-state index in [1.54, 1.807) is 0 Å². The van der Waals surface area contributed by atoms with Crippen LogP contribution in [0, 0.1) is 5.92 Å². The normalized spacial score (nSPS) is 35.6. The molecule has 0 bridgehead atoms. The molecule has 0 aromatic rings. The Morgan fingerprint density at radius 3 is 2.44 bits per heavy atom. The molecule has 4 heteroatoms. The predicted octanol–water partition coefficient (Wildman–Crippen LogP) is 1.69. The first-order valence-corrected chi connectivity index (χ1v) is 7.26. The Kier molecular flexibility index (Phi) is 3.93. The minimum absolute atomic E-state index is 0.0392. The zero-order valence-corrected chi connectivity index (χ0v) is 11.6. The SMILES string of the molecule is CCCC1NC(=O)C(CC)N(C2CC2CC)C1=O. The number of carbonyl (C=O) groups is 2. The summed E-state index contributed by atoms with van der Waals surface area (Å²) in [4.78, 5) is 26.5. The topological polar surface area (TPSA) is 49.4 Å². The number of nitrogens with zero attached hydrogens (tertiary/aromatic N) is 1. The molecule has 18 heavy (non-hydrogen) atoms. The summed E-state index contributed by atoms with van der Waals surface area (Å²) in [6.07, 6.45) is 4.56. The maximum absolute atomic E-state index is 12.5. The van der Waals surface area contributed by atoms with Gasteiger partial charge in [-0.15, -0.1) is 0 Å². The molecule has 4 atom stereocenters. The van der Waals surface area contributed by atoms with E-state index in [2.05, 4.69) is 12.2 Å².